The van der Waals surface area contributed by atoms with Crippen molar-refractivity contribution in [2.75, 3.05) is 11.9 Å². The van der Waals surface area contributed by atoms with Crippen LogP contribution in [0.2, 0.25) is 0 Å². The maximum absolute atomic E-state index is 12.6. The molecule has 5 nitrogen and oxygen atoms in total. The molecule has 128 valence electrons. The topological polar surface area (TPSA) is 54.3 Å². The van der Waals surface area contributed by atoms with Gasteiger partial charge in [0.15, 0.2) is 0 Å². The molecule has 1 aromatic carbocycles. The van der Waals surface area contributed by atoms with Crippen LogP contribution in [0.1, 0.15) is 31.4 Å². The quantitative estimate of drug-likeness (QED) is 0.881. The van der Waals surface area contributed by atoms with Gasteiger partial charge in [-0.3, -0.25) is 4.79 Å². The maximum atomic E-state index is 12.6. The van der Waals surface area contributed by atoms with E-state index in [0.717, 1.165) is 12.0 Å². The van der Waals surface area contributed by atoms with Crippen LogP contribution in [0.5, 0.6) is 0 Å². The van der Waals surface area contributed by atoms with E-state index in [4.69, 9.17) is 0 Å². The summed E-state index contributed by atoms with van der Waals surface area (Å²) < 4.78 is 1.57. The second-order valence-corrected chi connectivity index (χ2v) is 5.88. The number of carbonyl (C=O) groups excluding carboxylic acids is 1. The van der Waals surface area contributed by atoms with Gasteiger partial charge < -0.3 is 14.8 Å². The van der Waals surface area contributed by atoms with Gasteiger partial charge in [-0.15, -0.1) is 0 Å². The normalized spacial score (nSPS) is 10.5. The molecule has 1 aromatic heterocycles. The zero-order valence-electron chi connectivity index (χ0n) is 14.6. The molecule has 0 aliphatic carbocycles. The van der Waals surface area contributed by atoms with Crippen molar-refractivity contribution in [2.45, 2.75) is 40.3 Å². The summed E-state index contributed by atoms with van der Waals surface area (Å²) >= 11 is 0. The van der Waals surface area contributed by atoms with Gasteiger partial charge in [0, 0.05) is 31.9 Å². The third kappa shape index (κ3) is 4.72. The summed E-state index contributed by atoms with van der Waals surface area (Å²) in [6, 6.07) is 11.2. The van der Waals surface area contributed by atoms with E-state index in [9.17, 15) is 9.59 Å². The van der Waals surface area contributed by atoms with E-state index in [-0.39, 0.29) is 11.6 Å². The van der Waals surface area contributed by atoms with Crippen molar-refractivity contribution < 1.29 is 4.79 Å². The van der Waals surface area contributed by atoms with Crippen LogP contribution in [0, 0.1) is 6.92 Å². The molecular formula is C19H25N3O2. The van der Waals surface area contributed by atoms with Crippen LogP contribution in [0.15, 0.2) is 47.4 Å². The Kier molecular flexibility index (Phi) is 6.18. The molecule has 0 atom stereocenters. The van der Waals surface area contributed by atoms with Crippen molar-refractivity contribution in [1.82, 2.24) is 9.47 Å². The number of hydrogen-bond donors (Lipinski definition) is 1. The van der Waals surface area contributed by atoms with Gasteiger partial charge in [-0.2, -0.15) is 0 Å². The third-order valence-corrected chi connectivity index (χ3v) is 3.85. The molecule has 0 saturated carbocycles. The number of amides is 2. The number of aromatic nitrogens is 1. The third-order valence-electron chi connectivity index (χ3n) is 3.85. The fourth-order valence-corrected chi connectivity index (χ4v) is 2.49. The molecule has 2 rings (SSSR count). The predicted molar refractivity (Wildman–Crippen MR) is 97.3 cm³/mol. The number of carbonyl (C=O) groups is 1. The van der Waals surface area contributed by atoms with Gasteiger partial charge in [0.1, 0.15) is 0 Å². The van der Waals surface area contributed by atoms with Crippen LogP contribution < -0.4 is 10.9 Å². The second-order valence-electron chi connectivity index (χ2n) is 5.88. The Balaban J connectivity index is 2.10. The molecule has 1 heterocycles. The zero-order chi connectivity index (χ0) is 17.5. The molecule has 0 bridgehead atoms. The van der Waals surface area contributed by atoms with Crippen LogP contribution in [-0.2, 0) is 13.1 Å². The number of hydrogen-bond acceptors (Lipinski definition) is 2. The van der Waals surface area contributed by atoms with Gasteiger partial charge in [-0.25, -0.2) is 4.79 Å². The van der Waals surface area contributed by atoms with Crippen LogP contribution >= 0.6 is 0 Å². The van der Waals surface area contributed by atoms with Crippen LogP contribution in [0.25, 0.3) is 0 Å². The lowest BCUT2D eigenvalue weighted by Gasteiger charge is -2.23. The van der Waals surface area contributed by atoms with Gasteiger partial charge in [0.25, 0.3) is 5.56 Å². The molecule has 2 amide bonds. The molecule has 5 heteroatoms. The van der Waals surface area contributed by atoms with Crippen molar-refractivity contribution in [3.8, 4) is 0 Å². The van der Waals surface area contributed by atoms with E-state index in [1.54, 1.807) is 21.7 Å². The Labute approximate surface area is 142 Å². The van der Waals surface area contributed by atoms with Gasteiger partial charge in [0.2, 0.25) is 0 Å². The summed E-state index contributed by atoms with van der Waals surface area (Å²) in [6.45, 7) is 7.80. The van der Waals surface area contributed by atoms with Gasteiger partial charge in [-0.1, -0.05) is 36.8 Å². The average molecular weight is 327 g/mol. The molecule has 0 radical (unpaired) electrons. The first-order chi connectivity index (χ1) is 11.5. The first-order valence-corrected chi connectivity index (χ1v) is 8.35. The standard InChI is InChI=1S/C19H25N3O2/c1-4-12-22(13-16-8-6-15(3)7-9-16)19(24)20-17-10-11-18(23)21(5-2)14-17/h6-11,14H,4-5,12-13H2,1-3H3,(H,20,24). The highest BCUT2D eigenvalue weighted by atomic mass is 16.2. The molecule has 1 N–H and O–H groups in total. The molecule has 0 spiro atoms. The minimum atomic E-state index is -0.154. The molecule has 0 aliphatic heterocycles. The summed E-state index contributed by atoms with van der Waals surface area (Å²) in [4.78, 5) is 26.0. The minimum absolute atomic E-state index is 0.0689. The summed E-state index contributed by atoms with van der Waals surface area (Å²) in [5, 5.41) is 2.89. The Bertz CT molecular complexity index is 735. The van der Waals surface area contributed by atoms with Crippen molar-refractivity contribution in [3.63, 3.8) is 0 Å². The van der Waals surface area contributed by atoms with E-state index < -0.39 is 0 Å². The van der Waals surface area contributed by atoms with Crippen molar-refractivity contribution in [3.05, 3.63) is 64.1 Å². The summed E-state index contributed by atoms with van der Waals surface area (Å²) in [7, 11) is 0. The molecule has 24 heavy (non-hydrogen) atoms. The van der Waals surface area contributed by atoms with E-state index in [1.807, 2.05) is 32.9 Å². The average Bonchev–Trinajstić information content (AvgIpc) is 2.58. The minimum Gasteiger partial charge on any atom is -0.320 e. The Morgan fingerprint density at radius 1 is 1.12 bits per heavy atom. The van der Waals surface area contributed by atoms with Crippen LogP contribution in [-0.4, -0.2) is 22.0 Å². The lowest BCUT2D eigenvalue weighted by Crippen LogP contribution is -2.35. The van der Waals surface area contributed by atoms with E-state index in [1.165, 1.54) is 11.6 Å². The fourth-order valence-electron chi connectivity index (χ4n) is 2.49. The van der Waals surface area contributed by atoms with Crippen molar-refractivity contribution >= 4 is 11.7 Å². The van der Waals surface area contributed by atoms with Crippen molar-refractivity contribution in [1.29, 1.82) is 0 Å². The number of anilines is 1. The fraction of sp³-hybridized carbons (Fsp3) is 0.368. The van der Waals surface area contributed by atoms with Crippen molar-refractivity contribution in [2.24, 2.45) is 0 Å². The monoisotopic (exact) mass is 327 g/mol. The van der Waals surface area contributed by atoms with Crippen LogP contribution in [0.3, 0.4) is 0 Å². The Morgan fingerprint density at radius 2 is 1.83 bits per heavy atom. The summed E-state index contributed by atoms with van der Waals surface area (Å²) in [5.74, 6) is 0. The molecule has 0 fully saturated rings. The highest BCUT2D eigenvalue weighted by Gasteiger charge is 2.13. The van der Waals surface area contributed by atoms with E-state index in [0.29, 0.717) is 25.3 Å². The number of rotatable bonds is 6. The summed E-state index contributed by atoms with van der Waals surface area (Å²) in [6.07, 6.45) is 2.56. The second kappa shape index (κ2) is 8.34. The zero-order valence-corrected chi connectivity index (χ0v) is 14.6. The number of urea groups is 1. The smallest absolute Gasteiger partial charge is 0.320 e. The molecule has 0 unspecified atom stereocenters. The van der Waals surface area contributed by atoms with Gasteiger partial charge in [-0.05, 0) is 31.9 Å². The molecular weight excluding hydrogens is 302 g/mol. The first-order valence-electron chi connectivity index (χ1n) is 8.35. The molecule has 0 aliphatic rings. The molecule has 0 saturated heterocycles. The summed E-state index contributed by atoms with van der Waals surface area (Å²) in [5.41, 5.74) is 2.86. The van der Waals surface area contributed by atoms with Gasteiger partial charge in [0.05, 0.1) is 5.69 Å². The number of nitrogens with zero attached hydrogens (tertiary/aromatic N) is 2. The Hall–Kier alpha value is -2.56. The SMILES string of the molecule is CCCN(Cc1ccc(C)cc1)C(=O)Nc1ccc(=O)n(CC)c1. The van der Waals surface area contributed by atoms with E-state index in [2.05, 4.69) is 17.4 Å². The number of nitrogens with one attached hydrogen (secondary N) is 1. The van der Waals surface area contributed by atoms with E-state index >= 15 is 0 Å². The predicted octanol–water partition coefficient (Wildman–Crippen LogP) is 3.62. The number of pyridine rings is 1. The lowest BCUT2D eigenvalue weighted by molar-refractivity contribution is 0.209. The highest BCUT2D eigenvalue weighted by molar-refractivity contribution is 5.89. The Morgan fingerprint density at radius 3 is 2.46 bits per heavy atom. The maximum Gasteiger partial charge on any atom is 0.322 e. The molecule has 2 aromatic rings. The number of benzene rings is 1. The first kappa shape index (κ1) is 17.8. The lowest BCUT2D eigenvalue weighted by atomic mass is 10.1. The van der Waals surface area contributed by atoms with Gasteiger partial charge >= 0.3 is 6.03 Å². The highest BCUT2D eigenvalue weighted by Crippen LogP contribution is 2.11. The van der Waals surface area contributed by atoms with Crippen LogP contribution in [0.4, 0.5) is 10.5 Å². The largest absolute Gasteiger partial charge is 0.322 e. The number of aryl methyl sites for hydroxylation is 2.